The largest absolute Gasteiger partial charge is 0.157 e. The molecule has 0 saturated carbocycles. The number of thioether (sulfide) groups is 1. The van der Waals surface area contributed by atoms with Gasteiger partial charge in [-0.05, 0) is 67.8 Å². The highest BCUT2D eigenvalue weighted by Crippen LogP contribution is 2.34. The van der Waals surface area contributed by atoms with Crippen molar-refractivity contribution in [1.29, 1.82) is 0 Å². The summed E-state index contributed by atoms with van der Waals surface area (Å²) < 4.78 is 0. The molecule has 0 N–H and O–H groups in total. The van der Waals surface area contributed by atoms with Gasteiger partial charge in [0.2, 0.25) is 0 Å². The number of hydrogen-bond acceptors (Lipinski definition) is 9. The van der Waals surface area contributed by atoms with E-state index >= 15 is 0 Å². The first kappa shape index (κ1) is 39.0. The van der Waals surface area contributed by atoms with Gasteiger partial charge in [-0.25, -0.2) is 0 Å². The summed E-state index contributed by atoms with van der Waals surface area (Å²) in [6, 6.07) is 46.2. The van der Waals surface area contributed by atoms with E-state index in [0.717, 1.165) is 63.9 Å². The van der Waals surface area contributed by atoms with Crippen molar-refractivity contribution in [2.75, 3.05) is 5.75 Å². The Kier molecular flexibility index (Phi) is 17.5. The van der Waals surface area contributed by atoms with Crippen LogP contribution in [-0.4, -0.2) is 5.75 Å². The van der Waals surface area contributed by atoms with Gasteiger partial charge in [-0.2, -0.15) is 11.8 Å². The number of hydrogen-bond donors (Lipinski definition) is 0. The second kappa shape index (κ2) is 22.5. The van der Waals surface area contributed by atoms with Gasteiger partial charge in [-0.15, -0.1) is 0 Å². The van der Waals surface area contributed by atoms with E-state index in [1.165, 1.54) is 55.6 Å². The Morgan fingerprint density at radius 1 is 0.220 bits per heavy atom. The second-order valence-electron chi connectivity index (χ2n) is 12.0. The van der Waals surface area contributed by atoms with Crippen LogP contribution < -0.4 is 0 Å². The van der Waals surface area contributed by atoms with Crippen LogP contribution in [0.25, 0.3) is 0 Å². The van der Waals surface area contributed by atoms with Crippen molar-refractivity contribution in [1.82, 2.24) is 0 Å². The molecule has 0 aliphatic carbocycles. The molecule has 50 heavy (non-hydrogen) atoms. The molecular weight excluding hydrogens is 781 g/mol. The fraction of sp³-hybridized carbons (Fsp3) is 0.268. The van der Waals surface area contributed by atoms with Gasteiger partial charge in [0.15, 0.2) is 0 Å². The Hall–Kier alpha value is -0.750. The summed E-state index contributed by atoms with van der Waals surface area (Å²) >= 11 is 2.04. The van der Waals surface area contributed by atoms with Crippen LogP contribution >= 0.6 is 98.1 Å². The molecule has 5 aromatic carbocycles. The first-order valence-electron chi connectivity index (χ1n) is 16.7. The number of fused-ring (bicyclic) bond motifs is 4. The molecule has 9 heteroatoms. The van der Waals surface area contributed by atoms with Gasteiger partial charge in [0.1, 0.15) is 0 Å². The molecule has 10 bridgehead atoms. The molecule has 0 unspecified atom stereocenters. The lowest BCUT2D eigenvalue weighted by atomic mass is 10.1. The van der Waals surface area contributed by atoms with Crippen molar-refractivity contribution in [2.45, 2.75) is 58.2 Å². The van der Waals surface area contributed by atoms with Crippen LogP contribution in [0.3, 0.4) is 0 Å². The predicted octanol–water partition coefficient (Wildman–Crippen LogP) is 14.8. The molecule has 260 valence electrons. The van der Waals surface area contributed by atoms with Crippen molar-refractivity contribution in [3.05, 3.63) is 177 Å². The molecule has 0 fully saturated rings. The Balaban J connectivity index is 0.989. The average Bonchev–Trinajstić information content (AvgIpc) is 3.16. The maximum absolute atomic E-state index is 2.32. The highest BCUT2D eigenvalue weighted by atomic mass is 33.1. The zero-order chi connectivity index (χ0) is 34.1. The minimum absolute atomic E-state index is 1.04. The first-order chi connectivity index (χ1) is 24.7. The lowest BCUT2D eigenvalue weighted by molar-refractivity contribution is 1.15. The Labute approximate surface area is 335 Å². The Morgan fingerprint density at radius 3 is 0.620 bits per heavy atom. The minimum atomic E-state index is 1.04. The molecule has 6 aliphatic rings. The molecule has 0 amide bonds. The second-order valence-corrected chi connectivity index (χ2v) is 22.9. The molecule has 5 aromatic rings. The fourth-order valence-corrected chi connectivity index (χ4v) is 14.5. The van der Waals surface area contributed by atoms with Gasteiger partial charge in [0.25, 0.3) is 0 Å². The van der Waals surface area contributed by atoms with Gasteiger partial charge >= 0.3 is 0 Å². The summed E-state index contributed by atoms with van der Waals surface area (Å²) in [5, 5.41) is 0. The molecule has 0 radical (unpaired) electrons. The topological polar surface area (TPSA) is 0 Å². The van der Waals surface area contributed by atoms with Crippen LogP contribution in [0.1, 0.15) is 55.6 Å². The SMILES string of the molecule is c1cc2ccc1CCSCc1ccc(cc1)CSSCc1ccc(cc1)CSSCc1ccc(cc1)CSSCc1ccc(cc1)CSSC2. The van der Waals surface area contributed by atoms with Crippen LogP contribution in [0, 0.1) is 0 Å². The Bertz CT molecular complexity index is 1250. The van der Waals surface area contributed by atoms with E-state index < -0.39 is 0 Å². The van der Waals surface area contributed by atoms with Gasteiger partial charge in [0.05, 0.1) is 0 Å². The summed E-state index contributed by atoms with van der Waals surface area (Å²) in [6.45, 7) is 0. The van der Waals surface area contributed by atoms with Gasteiger partial charge in [-0.1, -0.05) is 208 Å². The van der Waals surface area contributed by atoms with Gasteiger partial charge < -0.3 is 0 Å². The van der Waals surface area contributed by atoms with Crippen molar-refractivity contribution in [3.63, 3.8) is 0 Å². The van der Waals surface area contributed by atoms with Crippen LogP contribution in [0.5, 0.6) is 0 Å². The monoisotopic (exact) mass is 822 g/mol. The lowest BCUT2D eigenvalue weighted by Gasteiger charge is -2.07. The molecule has 0 nitrogen and oxygen atoms in total. The highest BCUT2D eigenvalue weighted by Gasteiger charge is 2.04. The van der Waals surface area contributed by atoms with Crippen molar-refractivity contribution >= 4 is 98.1 Å². The zero-order valence-corrected chi connectivity index (χ0v) is 35.3. The quantitative estimate of drug-likeness (QED) is 0.139. The molecule has 0 saturated heterocycles. The summed E-state index contributed by atoms with van der Waals surface area (Å²) in [6.07, 6.45) is 1.13. The number of benzene rings is 5. The van der Waals surface area contributed by atoms with Crippen LogP contribution in [0.4, 0.5) is 0 Å². The molecule has 6 heterocycles. The summed E-state index contributed by atoms with van der Waals surface area (Å²) in [5.41, 5.74) is 14.1. The molecular formula is C41H42S9. The lowest BCUT2D eigenvalue weighted by Crippen LogP contribution is -1.91. The first-order valence-corrected chi connectivity index (χ1v) is 27.8. The van der Waals surface area contributed by atoms with E-state index in [2.05, 4.69) is 121 Å². The van der Waals surface area contributed by atoms with Crippen LogP contribution in [0.15, 0.2) is 121 Å². The molecule has 11 rings (SSSR count). The van der Waals surface area contributed by atoms with Crippen LogP contribution in [0.2, 0.25) is 0 Å². The standard InChI is InChI=1S/C41H42S9/c1-3-34-4-2-32(1)21-22-42-23-33-5-7-35(8-6-33)25-44-46-27-37-13-15-39(16-14-37)29-48-50-31-41-19-17-40(18-20-41)30-49-47-28-38-11-9-36(10-12-38)26-45-43-24-34/h1-20H,21-31H2. The number of rotatable bonds is 0. The van der Waals surface area contributed by atoms with E-state index in [1.54, 1.807) is 0 Å². The maximum atomic E-state index is 2.32. The van der Waals surface area contributed by atoms with Crippen molar-refractivity contribution in [2.24, 2.45) is 0 Å². The van der Waals surface area contributed by atoms with E-state index in [9.17, 15) is 0 Å². The normalized spacial score (nSPS) is 16.4. The molecule has 0 atom stereocenters. The van der Waals surface area contributed by atoms with Crippen molar-refractivity contribution < 1.29 is 0 Å². The van der Waals surface area contributed by atoms with E-state index in [1.807, 2.05) is 98.1 Å². The van der Waals surface area contributed by atoms with Gasteiger partial charge in [-0.3, -0.25) is 0 Å². The van der Waals surface area contributed by atoms with Crippen LogP contribution in [-0.2, 0) is 58.2 Å². The van der Waals surface area contributed by atoms with E-state index in [0.29, 0.717) is 0 Å². The molecule has 0 spiro atoms. The summed E-state index contributed by atoms with van der Waals surface area (Å²) in [7, 11) is 15.6. The third kappa shape index (κ3) is 14.2. The smallest absolute Gasteiger partial charge is 0.0288 e. The number of aryl methyl sites for hydroxylation is 1. The third-order valence-corrected chi connectivity index (χ3v) is 18.2. The summed E-state index contributed by atoms with van der Waals surface area (Å²) in [4.78, 5) is 0. The van der Waals surface area contributed by atoms with E-state index in [-0.39, 0.29) is 0 Å². The summed E-state index contributed by atoms with van der Waals surface area (Å²) in [5.74, 6) is 10.6. The minimum Gasteiger partial charge on any atom is -0.157 e. The van der Waals surface area contributed by atoms with E-state index in [4.69, 9.17) is 0 Å². The van der Waals surface area contributed by atoms with Crippen molar-refractivity contribution in [3.8, 4) is 0 Å². The van der Waals surface area contributed by atoms with Gasteiger partial charge in [0, 0.05) is 51.8 Å². The zero-order valence-electron chi connectivity index (χ0n) is 28.0. The average molecular weight is 823 g/mol. The molecule has 0 aromatic heterocycles. The maximum Gasteiger partial charge on any atom is 0.0288 e. The Morgan fingerprint density at radius 2 is 0.400 bits per heavy atom. The molecule has 6 aliphatic heterocycles. The highest BCUT2D eigenvalue weighted by molar-refractivity contribution is 8.77. The fourth-order valence-electron chi connectivity index (χ4n) is 4.99. The predicted molar refractivity (Wildman–Crippen MR) is 242 cm³/mol. The third-order valence-electron chi connectivity index (χ3n) is 8.06.